The molecule has 1 aliphatic heterocycles. The monoisotopic (exact) mass is 396 g/mol. The van der Waals surface area contributed by atoms with Gasteiger partial charge in [0.1, 0.15) is 0 Å². The molecule has 1 heterocycles. The Labute approximate surface area is 171 Å². The Kier molecular flexibility index (Phi) is 6.56. The molecule has 0 bridgehead atoms. The van der Waals surface area contributed by atoms with Crippen molar-refractivity contribution in [3.05, 3.63) is 58.6 Å². The van der Waals surface area contributed by atoms with E-state index in [2.05, 4.69) is 21.2 Å². The molecule has 1 atom stereocenters. The summed E-state index contributed by atoms with van der Waals surface area (Å²) in [7, 11) is 0. The summed E-state index contributed by atoms with van der Waals surface area (Å²) in [5, 5.41) is 12.6. The van der Waals surface area contributed by atoms with Gasteiger partial charge in [-0.3, -0.25) is 9.69 Å². The van der Waals surface area contributed by atoms with Crippen LogP contribution in [0.15, 0.2) is 42.5 Å². The van der Waals surface area contributed by atoms with Gasteiger partial charge in [-0.15, -0.1) is 0 Å². The summed E-state index contributed by atoms with van der Waals surface area (Å²) in [6.45, 7) is 7.32. The van der Waals surface area contributed by atoms with Crippen LogP contribution < -0.4 is 10.2 Å². The van der Waals surface area contributed by atoms with Crippen molar-refractivity contribution in [2.24, 2.45) is 0 Å². The van der Waals surface area contributed by atoms with E-state index in [-0.39, 0.29) is 11.9 Å². The second-order valence-corrected chi connectivity index (χ2v) is 7.52. The van der Waals surface area contributed by atoms with Gasteiger partial charge in [0.25, 0.3) is 0 Å². The van der Waals surface area contributed by atoms with Gasteiger partial charge in [-0.2, -0.15) is 5.26 Å². The summed E-state index contributed by atoms with van der Waals surface area (Å²) in [6, 6.07) is 15.2. The van der Waals surface area contributed by atoms with Crippen molar-refractivity contribution in [2.75, 3.05) is 36.4 Å². The van der Waals surface area contributed by atoms with Gasteiger partial charge in [0.2, 0.25) is 5.91 Å². The largest absolute Gasteiger partial charge is 0.370 e. The molecule has 1 fully saturated rings. The second-order valence-electron chi connectivity index (χ2n) is 7.11. The van der Waals surface area contributed by atoms with Gasteiger partial charge in [-0.1, -0.05) is 17.7 Å². The SMILES string of the molecule is Cc1c(Cl)cccc1NC(=O)C(C)N1CCCN(c2ccc(C#N)cc2)CC1. The molecule has 1 saturated heterocycles. The lowest BCUT2D eigenvalue weighted by Crippen LogP contribution is -2.44. The van der Waals surface area contributed by atoms with Gasteiger partial charge in [0.05, 0.1) is 17.7 Å². The number of hydrogen-bond acceptors (Lipinski definition) is 4. The quantitative estimate of drug-likeness (QED) is 0.846. The lowest BCUT2D eigenvalue weighted by molar-refractivity contribution is -0.120. The Balaban J connectivity index is 1.61. The van der Waals surface area contributed by atoms with Crippen molar-refractivity contribution < 1.29 is 4.79 Å². The zero-order valence-electron chi connectivity index (χ0n) is 16.3. The predicted molar refractivity (Wildman–Crippen MR) is 114 cm³/mol. The Morgan fingerprint density at radius 2 is 1.89 bits per heavy atom. The Morgan fingerprint density at radius 1 is 1.14 bits per heavy atom. The van der Waals surface area contributed by atoms with Crippen molar-refractivity contribution in [1.82, 2.24) is 4.90 Å². The lowest BCUT2D eigenvalue weighted by atomic mass is 10.2. The molecular formula is C22H25ClN4O. The molecule has 2 aromatic rings. The molecule has 0 spiro atoms. The molecule has 3 rings (SSSR count). The van der Waals surface area contributed by atoms with E-state index in [4.69, 9.17) is 16.9 Å². The van der Waals surface area contributed by atoms with Crippen LogP contribution in [0.2, 0.25) is 5.02 Å². The highest BCUT2D eigenvalue weighted by atomic mass is 35.5. The van der Waals surface area contributed by atoms with Crippen LogP contribution in [0.25, 0.3) is 0 Å². The average Bonchev–Trinajstić information content (AvgIpc) is 2.97. The first kappa shape index (κ1) is 20.2. The van der Waals surface area contributed by atoms with Gasteiger partial charge >= 0.3 is 0 Å². The highest BCUT2D eigenvalue weighted by Gasteiger charge is 2.24. The first-order valence-electron chi connectivity index (χ1n) is 9.54. The maximum Gasteiger partial charge on any atom is 0.241 e. The van der Waals surface area contributed by atoms with Gasteiger partial charge in [0.15, 0.2) is 0 Å². The molecule has 146 valence electrons. The van der Waals surface area contributed by atoms with Gasteiger partial charge in [0, 0.05) is 42.6 Å². The standard InChI is InChI=1S/C22H25ClN4O/c1-16-20(23)5-3-6-21(16)25-22(28)17(2)26-11-4-12-27(14-13-26)19-9-7-18(15-24)8-10-19/h3,5-10,17H,4,11-14H2,1-2H3,(H,25,28). The fraction of sp³-hybridized carbons (Fsp3) is 0.364. The minimum Gasteiger partial charge on any atom is -0.370 e. The number of amides is 1. The molecule has 1 N–H and O–H groups in total. The number of hydrogen-bond donors (Lipinski definition) is 1. The van der Waals surface area contributed by atoms with Crippen molar-refractivity contribution in [3.63, 3.8) is 0 Å². The zero-order chi connectivity index (χ0) is 20.1. The molecule has 28 heavy (non-hydrogen) atoms. The molecule has 1 aliphatic rings. The van der Waals surface area contributed by atoms with Crippen LogP contribution in [-0.4, -0.2) is 43.0 Å². The summed E-state index contributed by atoms with van der Waals surface area (Å²) < 4.78 is 0. The number of benzene rings is 2. The van der Waals surface area contributed by atoms with Crippen molar-refractivity contribution in [1.29, 1.82) is 5.26 Å². The first-order valence-corrected chi connectivity index (χ1v) is 9.92. The Bertz CT molecular complexity index is 875. The fourth-order valence-electron chi connectivity index (χ4n) is 3.48. The van der Waals surface area contributed by atoms with Gasteiger partial charge in [-0.25, -0.2) is 0 Å². The van der Waals surface area contributed by atoms with Crippen LogP contribution in [0, 0.1) is 18.3 Å². The van der Waals surface area contributed by atoms with Gasteiger partial charge in [-0.05, 0) is 62.2 Å². The summed E-state index contributed by atoms with van der Waals surface area (Å²) in [5.74, 6) is -0.0165. The maximum absolute atomic E-state index is 12.8. The van der Waals surface area contributed by atoms with Crippen LogP contribution in [0.4, 0.5) is 11.4 Å². The molecule has 1 unspecified atom stereocenters. The topological polar surface area (TPSA) is 59.4 Å². The molecule has 0 saturated carbocycles. The van der Waals surface area contributed by atoms with Crippen molar-refractivity contribution in [2.45, 2.75) is 26.3 Å². The van der Waals surface area contributed by atoms with Crippen molar-refractivity contribution >= 4 is 28.9 Å². The van der Waals surface area contributed by atoms with Gasteiger partial charge < -0.3 is 10.2 Å². The van der Waals surface area contributed by atoms with Crippen molar-refractivity contribution in [3.8, 4) is 6.07 Å². The molecule has 0 aromatic heterocycles. The molecule has 2 aromatic carbocycles. The number of halogens is 1. The minimum absolute atomic E-state index is 0.0165. The van der Waals surface area contributed by atoms with Crippen LogP contribution in [0.5, 0.6) is 0 Å². The number of nitriles is 1. The summed E-state index contributed by atoms with van der Waals surface area (Å²) in [5.41, 5.74) is 3.43. The number of nitrogens with one attached hydrogen (secondary N) is 1. The highest BCUT2D eigenvalue weighted by Crippen LogP contribution is 2.24. The average molecular weight is 397 g/mol. The van der Waals surface area contributed by atoms with E-state index in [9.17, 15) is 4.79 Å². The summed E-state index contributed by atoms with van der Waals surface area (Å²) in [4.78, 5) is 17.3. The molecule has 0 aliphatic carbocycles. The summed E-state index contributed by atoms with van der Waals surface area (Å²) in [6.07, 6.45) is 0.980. The third-order valence-electron chi connectivity index (χ3n) is 5.34. The van der Waals surface area contributed by atoms with E-state index in [0.29, 0.717) is 10.6 Å². The molecule has 1 amide bonds. The fourth-order valence-corrected chi connectivity index (χ4v) is 3.65. The van der Waals surface area contributed by atoms with Crippen LogP contribution in [0.1, 0.15) is 24.5 Å². The number of nitrogens with zero attached hydrogens (tertiary/aromatic N) is 3. The van der Waals surface area contributed by atoms with E-state index in [0.717, 1.165) is 49.5 Å². The van der Waals surface area contributed by atoms with E-state index in [1.165, 1.54) is 0 Å². The third kappa shape index (κ3) is 4.64. The predicted octanol–water partition coefficient (Wildman–Crippen LogP) is 4.06. The molecule has 5 nitrogen and oxygen atoms in total. The highest BCUT2D eigenvalue weighted by molar-refractivity contribution is 6.31. The third-order valence-corrected chi connectivity index (χ3v) is 5.75. The minimum atomic E-state index is -0.223. The van der Waals surface area contributed by atoms with E-state index in [1.54, 1.807) is 0 Å². The smallest absolute Gasteiger partial charge is 0.241 e. The normalized spacial score (nSPS) is 16.1. The molecule has 6 heteroatoms. The lowest BCUT2D eigenvalue weighted by Gasteiger charge is -2.27. The van der Waals surface area contributed by atoms with E-state index < -0.39 is 0 Å². The zero-order valence-corrected chi connectivity index (χ0v) is 17.0. The maximum atomic E-state index is 12.8. The van der Waals surface area contributed by atoms with Crippen LogP contribution in [0.3, 0.4) is 0 Å². The molecule has 0 radical (unpaired) electrons. The van der Waals surface area contributed by atoms with Crippen LogP contribution in [-0.2, 0) is 4.79 Å². The van der Waals surface area contributed by atoms with Crippen LogP contribution >= 0.6 is 11.6 Å². The Hall–Kier alpha value is -2.55. The van der Waals surface area contributed by atoms with E-state index in [1.807, 2.05) is 56.3 Å². The Morgan fingerprint density at radius 3 is 2.61 bits per heavy atom. The van der Waals surface area contributed by atoms with E-state index >= 15 is 0 Å². The molecular weight excluding hydrogens is 372 g/mol. The summed E-state index contributed by atoms with van der Waals surface area (Å²) >= 11 is 6.16. The number of carbonyl (C=O) groups excluding carboxylic acids is 1. The number of carbonyl (C=O) groups is 1. The first-order chi connectivity index (χ1) is 13.5. The second kappa shape index (κ2) is 9.09. The number of anilines is 2. The number of rotatable bonds is 4.